The Labute approximate surface area is 259 Å². The highest BCUT2D eigenvalue weighted by molar-refractivity contribution is 5.99. The fraction of sp³-hybridized carbons (Fsp3) is 0.424. The molecule has 3 amide bonds. The van der Waals surface area contributed by atoms with E-state index in [2.05, 4.69) is 27.9 Å². The van der Waals surface area contributed by atoms with Gasteiger partial charge >= 0.3 is 0 Å². The van der Waals surface area contributed by atoms with Crippen LogP contribution in [0.5, 0.6) is 0 Å². The number of nitrogens with zero attached hydrogens (tertiary/aromatic N) is 2. The predicted molar refractivity (Wildman–Crippen MR) is 169 cm³/mol. The maximum atomic E-state index is 13.0. The van der Waals surface area contributed by atoms with Gasteiger partial charge in [-0.3, -0.25) is 24.1 Å². The molecule has 0 aromatic heterocycles. The first kappa shape index (κ1) is 35.7. The second kappa shape index (κ2) is 18.2. The Balaban J connectivity index is 0.00000127. The molecule has 236 valence electrons. The summed E-state index contributed by atoms with van der Waals surface area (Å²) in [5.41, 5.74) is 3.98. The molecule has 1 fully saturated rings. The summed E-state index contributed by atoms with van der Waals surface area (Å²) in [6, 6.07) is 13.4. The summed E-state index contributed by atoms with van der Waals surface area (Å²) in [5, 5.41) is 18.4. The minimum absolute atomic E-state index is 0.0521. The van der Waals surface area contributed by atoms with E-state index in [1.54, 1.807) is 36.2 Å². The third-order valence-electron chi connectivity index (χ3n) is 7.30. The summed E-state index contributed by atoms with van der Waals surface area (Å²) in [7, 11) is 3.41. The van der Waals surface area contributed by atoms with Crippen LogP contribution in [0.2, 0.25) is 0 Å². The maximum Gasteiger partial charge on any atom is 0.256 e. The third-order valence-corrected chi connectivity index (χ3v) is 7.30. The maximum absolute atomic E-state index is 13.0. The zero-order valence-corrected chi connectivity index (χ0v) is 26.1. The van der Waals surface area contributed by atoms with Crippen molar-refractivity contribution in [2.24, 2.45) is 0 Å². The van der Waals surface area contributed by atoms with E-state index >= 15 is 0 Å². The number of carbonyl (C=O) groups excluding carboxylic acids is 5. The quantitative estimate of drug-likeness (QED) is 0.184. The largest absolute Gasteiger partial charge is 0.395 e. The van der Waals surface area contributed by atoms with Gasteiger partial charge in [-0.15, -0.1) is 0 Å². The number of fused-ring (bicyclic) bond motifs is 1. The number of aliphatic hydroxyl groups excluding tert-OH is 1. The molecule has 1 saturated heterocycles. The minimum Gasteiger partial charge on any atom is -0.395 e. The smallest absolute Gasteiger partial charge is 0.256 e. The highest BCUT2D eigenvalue weighted by Crippen LogP contribution is 2.29. The van der Waals surface area contributed by atoms with E-state index in [-0.39, 0.29) is 43.0 Å². The van der Waals surface area contributed by atoms with Crippen molar-refractivity contribution in [1.82, 2.24) is 20.4 Å². The van der Waals surface area contributed by atoms with Crippen molar-refractivity contribution >= 4 is 36.0 Å². The molecular weight excluding hydrogens is 562 g/mol. The van der Waals surface area contributed by atoms with E-state index in [1.807, 2.05) is 37.9 Å². The highest BCUT2D eigenvalue weighted by Gasteiger charge is 2.36. The second-order valence-electron chi connectivity index (χ2n) is 9.95. The number of amides is 3. The molecule has 11 nitrogen and oxygen atoms in total. The number of benzene rings is 2. The molecule has 11 heteroatoms. The van der Waals surface area contributed by atoms with Crippen LogP contribution in [0.4, 0.5) is 5.69 Å². The molecule has 44 heavy (non-hydrogen) atoms. The molecule has 0 aliphatic carbocycles. The highest BCUT2D eigenvalue weighted by atomic mass is 16.3. The zero-order valence-electron chi connectivity index (χ0n) is 26.1. The molecule has 4 rings (SSSR count). The summed E-state index contributed by atoms with van der Waals surface area (Å²) < 4.78 is 0. The standard InChI is InChI=1S/C29H33N5O5.C2H4O.C2H6/c1-30-27(37)11-9-21(18-36)33(2)15-24-20(17-35)6-4-8-25(24)31-14-13-19-5-3-7-22-23(19)16-34(29(22)39)26-10-12-28(38)32-26;1-2-3;1-2/h3-8,17,21,26,31,36H,9-12,15-16,18H2,1-2H3,(H,30,37)(H,32,38);2H,1H3;1-2H3. The first-order chi connectivity index (χ1) is 21.3. The number of carbonyl (C=O) groups is 5. The lowest BCUT2D eigenvalue weighted by Crippen LogP contribution is -2.43. The lowest BCUT2D eigenvalue weighted by Gasteiger charge is -2.27. The van der Waals surface area contributed by atoms with Gasteiger partial charge in [0.05, 0.1) is 18.8 Å². The summed E-state index contributed by atoms with van der Waals surface area (Å²) >= 11 is 0. The van der Waals surface area contributed by atoms with E-state index in [0.29, 0.717) is 54.7 Å². The van der Waals surface area contributed by atoms with Crippen LogP contribution in [0, 0.1) is 12.0 Å². The predicted octanol–water partition coefficient (Wildman–Crippen LogP) is 2.66. The molecular formula is C33H43N5O6. The fourth-order valence-corrected chi connectivity index (χ4v) is 4.98. The summed E-state index contributed by atoms with van der Waals surface area (Å²) in [6.07, 6.45) is 2.98. The normalized spacial score (nSPS) is 15.3. The Morgan fingerprint density at radius 1 is 1.20 bits per heavy atom. The van der Waals surface area contributed by atoms with Crippen molar-refractivity contribution in [2.75, 3.05) is 26.0 Å². The average Bonchev–Trinajstić information content (AvgIpc) is 3.62. The van der Waals surface area contributed by atoms with Crippen LogP contribution < -0.4 is 16.0 Å². The van der Waals surface area contributed by atoms with E-state index in [0.717, 1.165) is 23.7 Å². The number of rotatable bonds is 10. The number of likely N-dealkylation sites (N-methyl/N-ethyl adjacent to an activating group) is 1. The van der Waals surface area contributed by atoms with Crippen LogP contribution in [0.15, 0.2) is 36.4 Å². The summed E-state index contributed by atoms with van der Waals surface area (Å²) in [4.78, 5) is 60.5. The van der Waals surface area contributed by atoms with Gasteiger partial charge in [-0.2, -0.15) is 0 Å². The summed E-state index contributed by atoms with van der Waals surface area (Å²) in [5.74, 6) is 2.84. The number of aldehydes is 2. The van der Waals surface area contributed by atoms with E-state index < -0.39 is 0 Å². The van der Waals surface area contributed by atoms with Gasteiger partial charge in [0.15, 0.2) is 0 Å². The molecule has 2 aliphatic rings. The molecule has 2 aliphatic heterocycles. The van der Waals surface area contributed by atoms with Gasteiger partial charge in [0.1, 0.15) is 18.7 Å². The minimum atomic E-state index is -0.305. The van der Waals surface area contributed by atoms with Gasteiger partial charge in [-0.1, -0.05) is 32.0 Å². The zero-order chi connectivity index (χ0) is 32.6. The van der Waals surface area contributed by atoms with Gasteiger partial charge in [-0.05, 0) is 50.9 Å². The van der Waals surface area contributed by atoms with E-state index in [4.69, 9.17) is 4.79 Å². The van der Waals surface area contributed by atoms with E-state index in [9.17, 15) is 24.3 Å². The van der Waals surface area contributed by atoms with Crippen molar-refractivity contribution in [1.29, 1.82) is 0 Å². The van der Waals surface area contributed by atoms with Crippen LogP contribution >= 0.6 is 0 Å². The topological polar surface area (TPSA) is 148 Å². The Morgan fingerprint density at radius 3 is 2.52 bits per heavy atom. The van der Waals surface area contributed by atoms with Gasteiger partial charge < -0.3 is 30.8 Å². The molecule has 0 saturated carbocycles. The van der Waals surface area contributed by atoms with E-state index in [1.165, 1.54) is 6.92 Å². The number of hydrogen-bond donors (Lipinski definition) is 4. The lowest BCUT2D eigenvalue weighted by atomic mass is 10.0. The molecule has 2 unspecified atom stereocenters. The molecule has 2 aromatic rings. The number of aliphatic hydroxyl groups is 1. The van der Waals surface area contributed by atoms with Crippen molar-refractivity contribution < 1.29 is 29.1 Å². The van der Waals surface area contributed by atoms with Crippen LogP contribution in [-0.4, -0.2) is 78.1 Å². The van der Waals surface area contributed by atoms with Crippen LogP contribution in [0.1, 0.15) is 83.9 Å². The third kappa shape index (κ3) is 9.23. The average molecular weight is 606 g/mol. The Morgan fingerprint density at radius 2 is 1.91 bits per heavy atom. The monoisotopic (exact) mass is 605 g/mol. The molecule has 0 radical (unpaired) electrons. The van der Waals surface area contributed by atoms with Crippen molar-refractivity contribution in [3.05, 3.63) is 64.2 Å². The molecule has 2 atom stereocenters. The van der Waals surface area contributed by atoms with Gasteiger partial charge in [0.2, 0.25) is 11.8 Å². The number of anilines is 1. The van der Waals surface area contributed by atoms with Crippen molar-refractivity contribution in [2.45, 2.75) is 71.8 Å². The SMILES string of the molecule is CC.CC=O.CNC(=O)CCC(CO)N(C)Cc1c(C=O)cccc1NC#Cc1cccc2c1CN(C1CCC(=O)N1)C2=O. The molecule has 4 N–H and O–H groups in total. The summed E-state index contributed by atoms with van der Waals surface area (Å²) in [6.45, 7) is 6.05. The van der Waals surface area contributed by atoms with Crippen LogP contribution in [0.3, 0.4) is 0 Å². The van der Waals surface area contributed by atoms with Crippen LogP contribution in [0.25, 0.3) is 0 Å². The van der Waals surface area contributed by atoms with Crippen molar-refractivity contribution in [3.63, 3.8) is 0 Å². The molecule has 0 bridgehead atoms. The first-order valence-electron chi connectivity index (χ1n) is 14.8. The van der Waals surface area contributed by atoms with Gasteiger partial charge in [-0.25, -0.2) is 0 Å². The Hall–Kier alpha value is -4.53. The fourth-order valence-electron chi connectivity index (χ4n) is 4.98. The van der Waals surface area contributed by atoms with Gasteiger partial charge in [0.25, 0.3) is 5.91 Å². The number of hydrogen-bond acceptors (Lipinski definition) is 8. The molecule has 2 aromatic carbocycles. The lowest BCUT2D eigenvalue weighted by molar-refractivity contribution is -0.121. The molecule has 2 heterocycles. The molecule has 0 spiro atoms. The number of nitrogens with one attached hydrogen (secondary N) is 3. The van der Waals surface area contributed by atoms with Crippen molar-refractivity contribution in [3.8, 4) is 12.0 Å². The van der Waals surface area contributed by atoms with Gasteiger partial charge in [0, 0.05) is 66.3 Å². The Kier molecular flexibility index (Phi) is 14.8. The van der Waals surface area contributed by atoms with Crippen LogP contribution in [-0.2, 0) is 27.5 Å². The second-order valence-corrected chi connectivity index (χ2v) is 9.95. The Bertz CT molecular complexity index is 1380. The first-order valence-corrected chi connectivity index (χ1v) is 14.8.